The van der Waals surface area contributed by atoms with Gasteiger partial charge in [-0.05, 0) is 6.42 Å². The van der Waals surface area contributed by atoms with E-state index in [4.69, 9.17) is 5.11 Å². The van der Waals surface area contributed by atoms with Crippen LogP contribution in [0.3, 0.4) is 0 Å². The lowest BCUT2D eigenvalue weighted by Crippen LogP contribution is -2.30. The second kappa shape index (κ2) is 6.20. The molecule has 0 aliphatic heterocycles. The first-order valence-electron chi connectivity index (χ1n) is 5.46. The van der Waals surface area contributed by atoms with Gasteiger partial charge in [-0.25, -0.2) is 4.98 Å². The molecule has 1 atom stereocenters. The molecule has 1 aromatic heterocycles. The molecule has 1 heterocycles. The molecule has 0 unspecified atom stereocenters. The van der Waals surface area contributed by atoms with Crippen LogP contribution in [0.5, 0.6) is 0 Å². The quantitative estimate of drug-likeness (QED) is 0.784. The average Bonchev–Trinajstić information content (AvgIpc) is 2.68. The number of hydrogen-bond donors (Lipinski definition) is 2. The first-order valence-corrected chi connectivity index (χ1v) is 6.27. The Kier molecular flexibility index (Phi) is 5.22. The molecule has 0 amide bonds. The molecule has 1 aromatic rings. The first kappa shape index (κ1) is 12.6. The molecule has 0 aromatic carbocycles. The lowest BCUT2D eigenvalue weighted by Gasteiger charge is -2.12. The van der Waals surface area contributed by atoms with Crippen LogP contribution in [0, 0.1) is 0 Å². The molecular formula is C11H20N2OS. The van der Waals surface area contributed by atoms with Crippen molar-refractivity contribution >= 4 is 11.3 Å². The van der Waals surface area contributed by atoms with E-state index in [-0.39, 0.29) is 12.6 Å². The summed E-state index contributed by atoms with van der Waals surface area (Å²) in [5.74, 6) is 0.503. The van der Waals surface area contributed by atoms with Crippen molar-refractivity contribution in [3.05, 3.63) is 16.1 Å². The molecule has 0 bridgehead atoms. The highest BCUT2D eigenvalue weighted by Gasteiger charge is 2.07. The van der Waals surface area contributed by atoms with Crippen molar-refractivity contribution in [1.82, 2.24) is 10.3 Å². The Hall–Kier alpha value is -0.450. The number of aromatic nitrogens is 1. The summed E-state index contributed by atoms with van der Waals surface area (Å²) in [5, 5.41) is 13.5. The van der Waals surface area contributed by atoms with Crippen molar-refractivity contribution in [1.29, 1.82) is 0 Å². The zero-order chi connectivity index (χ0) is 11.3. The highest BCUT2D eigenvalue weighted by Crippen LogP contribution is 2.20. The summed E-state index contributed by atoms with van der Waals surface area (Å²) < 4.78 is 0. The fourth-order valence-electron chi connectivity index (χ4n) is 1.25. The molecule has 3 nitrogen and oxygen atoms in total. The van der Waals surface area contributed by atoms with Crippen LogP contribution in [-0.2, 0) is 6.54 Å². The van der Waals surface area contributed by atoms with E-state index in [1.54, 1.807) is 11.3 Å². The van der Waals surface area contributed by atoms with Gasteiger partial charge in [0.2, 0.25) is 0 Å². The third-order valence-corrected chi connectivity index (χ3v) is 3.64. The van der Waals surface area contributed by atoms with E-state index in [2.05, 4.69) is 31.1 Å². The minimum Gasteiger partial charge on any atom is -0.395 e. The van der Waals surface area contributed by atoms with Crippen LogP contribution in [0.25, 0.3) is 0 Å². The van der Waals surface area contributed by atoms with Crippen LogP contribution < -0.4 is 5.32 Å². The Balaban J connectivity index is 2.43. The second-order valence-corrected chi connectivity index (χ2v) is 5.13. The Morgan fingerprint density at radius 2 is 2.27 bits per heavy atom. The zero-order valence-electron chi connectivity index (χ0n) is 9.66. The number of hydrogen-bond acceptors (Lipinski definition) is 4. The lowest BCUT2D eigenvalue weighted by atomic mass is 10.2. The molecular weight excluding hydrogens is 208 g/mol. The van der Waals surface area contributed by atoms with Crippen LogP contribution in [0.4, 0.5) is 0 Å². The minimum absolute atomic E-state index is 0.201. The largest absolute Gasteiger partial charge is 0.395 e. The van der Waals surface area contributed by atoms with Crippen molar-refractivity contribution in [3.63, 3.8) is 0 Å². The molecule has 1 rings (SSSR count). The van der Waals surface area contributed by atoms with E-state index in [0.717, 1.165) is 13.0 Å². The van der Waals surface area contributed by atoms with Crippen molar-refractivity contribution in [2.24, 2.45) is 0 Å². The highest BCUT2D eigenvalue weighted by atomic mass is 32.1. The van der Waals surface area contributed by atoms with Gasteiger partial charge in [-0.1, -0.05) is 20.8 Å². The topological polar surface area (TPSA) is 45.1 Å². The first-order chi connectivity index (χ1) is 7.17. The lowest BCUT2D eigenvalue weighted by molar-refractivity contribution is 0.238. The fourth-order valence-corrected chi connectivity index (χ4v) is 2.12. The van der Waals surface area contributed by atoms with E-state index < -0.39 is 0 Å². The summed E-state index contributed by atoms with van der Waals surface area (Å²) in [6.07, 6.45) is 2.88. The third kappa shape index (κ3) is 3.89. The van der Waals surface area contributed by atoms with E-state index >= 15 is 0 Å². The van der Waals surface area contributed by atoms with Gasteiger partial charge < -0.3 is 10.4 Å². The summed E-state index contributed by atoms with van der Waals surface area (Å²) in [5.41, 5.74) is 0. The summed E-state index contributed by atoms with van der Waals surface area (Å²) in [6.45, 7) is 7.38. The molecule has 86 valence electrons. The molecule has 0 saturated carbocycles. The molecule has 0 saturated heterocycles. The van der Waals surface area contributed by atoms with Crippen molar-refractivity contribution in [3.8, 4) is 0 Å². The van der Waals surface area contributed by atoms with Gasteiger partial charge in [-0.3, -0.25) is 0 Å². The Bertz CT molecular complexity index is 282. The Morgan fingerprint density at radius 1 is 1.53 bits per heavy atom. The predicted octanol–water partition coefficient (Wildman–Crippen LogP) is 2.13. The molecule has 15 heavy (non-hydrogen) atoms. The number of rotatable bonds is 6. The van der Waals surface area contributed by atoms with Gasteiger partial charge in [0.25, 0.3) is 0 Å². The molecule has 0 spiro atoms. The van der Waals surface area contributed by atoms with Crippen molar-refractivity contribution in [2.75, 3.05) is 6.61 Å². The van der Waals surface area contributed by atoms with Crippen LogP contribution in [0.15, 0.2) is 6.20 Å². The predicted molar refractivity (Wildman–Crippen MR) is 64.2 cm³/mol. The van der Waals surface area contributed by atoms with Gasteiger partial charge in [0.05, 0.1) is 11.6 Å². The van der Waals surface area contributed by atoms with E-state index in [0.29, 0.717) is 5.92 Å². The van der Waals surface area contributed by atoms with E-state index in [1.165, 1.54) is 9.88 Å². The van der Waals surface area contributed by atoms with Gasteiger partial charge in [-0.2, -0.15) is 0 Å². The molecule has 4 heteroatoms. The number of nitrogens with zero attached hydrogens (tertiary/aromatic N) is 1. The van der Waals surface area contributed by atoms with Gasteiger partial charge >= 0.3 is 0 Å². The smallest absolute Gasteiger partial charge is 0.0953 e. The third-order valence-electron chi connectivity index (χ3n) is 2.34. The summed E-state index contributed by atoms with van der Waals surface area (Å²) in [4.78, 5) is 5.60. The normalized spacial score (nSPS) is 13.4. The van der Waals surface area contributed by atoms with Gasteiger partial charge in [0.1, 0.15) is 0 Å². The van der Waals surface area contributed by atoms with E-state index in [9.17, 15) is 0 Å². The average molecular weight is 228 g/mol. The van der Waals surface area contributed by atoms with Crippen LogP contribution in [0.1, 0.15) is 43.0 Å². The fraction of sp³-hybridized carbons (Fsp3) is 0.727. The van der Waals surface area contributed by atoms with Crippen LogP contribution in [-0.4, -0.2) is 22.7 Å². The monoisotopic (exact) mass is 228 g/mol. The Morgan fingerprint density at radius 3 is 2.73 bits per heavy atom. The summed E-state index contributed by atoms with van der Waals surface area (Å²) >= 11 is 1.75. The minimum atomic E-state index is 0.201. The zero-order valence-corrected chi connectivity index (χ0v) is 10.5. The van der Waals surface area contributed by atoms with Crippen LogP contribution in [0.2, 0.25) is 0 Å². The molecule has 0 radical (unpaired) electrons. The summed E-state index contributed by atoms with van der Waals surface area (Å²) in [6, 6.07) is 0.203. The van der Waals surface area contributed by atoms with Crippen molar-refractivity contribution < 1.29 is 5.11 Å². The molecule has 0 aliphatic rings. The maximum absolute atomic E-state index is 9.02. The molecule has 0 aliphatic carbocycles. The Labute approximate surface area is 95.6 Å². The number of thiazole rings is 1. The number of nitrogens with one attached hydrogen (secondary N) is 1. The van der Waals surface area contributed by atoms with Gasteiger partial charge in [0.15, 0.2) is 0 Å². The maximum atomic E-state index is 9.02. The summed E-state index contributed by atoms with van der Waals surface area (Å²) in [7, 11) is 0. The van der Waals surface area contributed by atoms with Crippen LogP contribution >= 0.6 is 11.3 Å². The SMILES string of the molecule is CC[C@H](CO)NCc1cnc(C(C)C)s1. The maximum Gasteiger partial charge on any atom is 0.0953 e. The van der Waals surface area contributed by atoms with Crippen molar-refractivity contribution in [2.45, 2.75) is 45.7 Å². The van der Waals surface area contributed by atoms with Gasteiger partial charge in [0, 0.05) is 29.6 Å². The number of aliphatic hydroxyl groups is 1. The second-order valence-electron chi connectivity index (χ2n) is 3.99. The van der Waals surface area contributed by atoms with E-state index in [1.807, 2.05) is 6.20 Å². The highest BCUT2D eigenvalue weighted by molar-refractivity contribution is 7.11. The van der Waals surface area contributed by atoms with Gasteiger partial charge in [-0.15, -0.1) is 11.3 Å². The molecule has 2 N–H and O–H groups in total. The standard InChI is InChI=1S/C11H20N2OS/c1-4-9(7-14)12-5-10-6-13-11(15-10)8(2)3/h6,8-9,12,14H,4-5,7H2,1-3H3/t9-/m1/s1. The number of aliphatic hydroxyl groups excluding tert-OH is 1. The molecule has 0 fully saturated rings.